The molecule has 15 rings (SSSR count). The van der Waals surface area contributed by atoms with Crippen molar-refractivity contribution in [2.75, 3.05) is 4.90 Å². The van der Waals surface area contributed by atoms with Crippen molar-refractivity contribution < 1.29 is 0 Å². The van der Waals surface area contributed by atoms with Crippen LogP contribution in [0.15, 0.2) is 237 Å². The highest BCUT2D eigenvalue weighted by atomic mass is 15.3. The number of hydrogen-bond donors (Lipinski definition) is 0. The van der Waals surface area contributed by atoms with Crippen molar-refractivity contribution in [1.82, 2.24) is 19.5 Å². The molecular formula is C64H41N5. The van der Waals surface area contributed by atoms with Gasteiger partial charge < -0.3 is 9.47 Å². The Morgan fingerprint density at radius 1 is 0.377 bits per heavy atom. The third-order valence-corrected chi connectivity index (χ3v) is 15.1. The topological polar surface area (TPSA) is 46.8 Å². The van der Waals surface area contributed by atoms with E-state index < -0.39 is 0 Å². The standard InChI is InChI=1S/C64H41N5/c1-3-16-40(17-4-1)41-32-35-58-55(37-41)52-26-11-13-28-57(52)68(58)46-21-15-18-42(36-46)61-65-62(43-30-33-51-49-24-8-7-22-47(49)48-23-9-10-25-50(48)54(51)38-43)67-63(66-61)44-31-34-56-60-53-27-12-14-29-59(53)69(64(56,60)39-44)45-19-5-2-6-20-45/h1-39,56,60H/t56?,60?,64-/m1/s1. The first-order valence-corrected chi connectivity index (χ1v) is 23.8. The molecule has 1 aliphatic heterocycles. The minimum absolute atomic E-state index is 0.262. The van der Waals surface area contributed by atoms with E-state index in [1.165, 1.54) is 71.2 Å². The van der Waals surface area contributed by atoms with Crippen LogP contribution in [0.1, 0.15) is 17.3 Å². The average molecular weight is 880 g/mol. The molecule has 0 radical (unpaired) electrons. The maximum Gasteiger partial charge on any atom is 0.164 e. The highest BCUT2D eigenvalue weighted by molar-refractivity contribution is 6.25. The Hall–Kier alpha value is -8.93. The second-order valence-corrected chi connectivity index (χ2v) is 18.7. The lowest BCUT2D eigenvalue weighted by atomic mass is 9.93. The Morgan fingerprint density at radius 3 is 1.70 bits per heavy atom. The van der Waals surface area contributed by atoms with E-state index in [1.54, 1.807) is 0 Å². The number of anilines is 2. The summed E-state index contributed by atoms with van der Waals surface area (Å²) in [6.07, 6.45) is 7.10. The van der Waals surface area contributed by atoms with Crippen LogP contribution < -0.4 is 4.90 Å². The van der Waals surface area contributed by atoms with Gasteiger partial charge in [-0.05, 0) is 110 Å². The molecule has 0 saturated heterocycles. The molecule has 12 aromatic rings. The van der Waals surface area contributed by atoms with E-state index in [9.17, 15) is 0 Å². The van der Waals surface area contributed by atoms with Crippen LogP contribution in [0.2, 0.25) is 0 Å². The molecule has 2 aliphatic carbocycles. The number of para-hydroxylation sites is 3. The van der Waals surface area contributed by atoms with Gasteiger partial charge in [-0.15, -0.1) is 0 Å². The molecule has 1 fully saturated rings. The molecule has 69 heavy (non-hydrogen) atoms. The molecular weight excluding hydrogens is 839 g/mol. The third kappa shape index (κ3) is 5.62. The number of fused-ring (bicyclic) bond motifs is 12. The smallest absolute Gasteiger partial charge is 0.164 e. The van der Waals surface area contributed by atoms with Gasteiger partial charge in [0.25, 0.3) is 0 Å². The molecule has 3 aliphatic rings. The summed E-state index contributed by atoms with van der Waals surface area (Å²) in [5.74, 6) is 2.60. The van der Waals surface area contributed by atoms with Crippen LogP contribution in [0.3, 0.4) is 0 Å². The highest BCUT2D eigenvalue weighted by Crippen LogP contribution is 2.73. The van der Waals surface area contributed by atoms with Gasteiger partial charge in [0, 0.05) is 56.4 Å². The summed E-state index contributed by atoms with van der Waals surface area (Å²) in [4.78, 5) is 18.8. The molecule has 3 atom stereocenters. The zero-order valence-corrected chi connectivity index (χ0v) is 37.4. The van der Waals surface area contributed by atoms with E-state index in [0.717, 1.165) is 33.4 Å². The number of nitrogens with zero attached hydrogens (tertiary/aromatic N) is 5. The van der Waals surface area contributed by atoms with E-state index in [2.05, 4.69) is 246 Å². The van der Waals surface area contributed by atoms with Crippen LogP contribution in [0.25, 0.3) is 99.3 Å². The van der Waals surface area contributed by atoms with Crippen LogP contribution in [-0.2, 0) is 0 Å². The molecule has 2 unspecified atom stereocenters. The Kier molecular flexibility index (Phi) is 8.05. The lowest BCUT2D eigenvalue weighted by Crippen LogP contribution is -2.33. The number of rotatable bonds is 6. The summed E-state index contributed by atoms with van der Waals surface area (Å²) in [6, 6.07) is 78.8. The van der Waals surface area contributed by atoms with Crippen molar-refractivity contribution in [3.8, 4) is 39.6 Å². The van der Waals surface area contributed by atoms with Gasteiger partial charge in [0.15, 0.2) is 17.5 Å². The molecule has 322 valence electrons. The van der Waals surface area contributed by atoms with E-state index in [4.69, 9.17) is 15.0 Å². The molecule has 0 N–H and O–H groups in total. The van der Waals surface area contributed by atoms with Crippen molar-refractivity contribution in [3.63, 3.8) is 0 Å². The summed E-state index contributed by atoms with van der Waals surface area (Å²) in [6.45, 7) is 0. The predicted octanol–water partition coefficient (Wildman–Crippen LogP) is 15.7. The predicted molar refractivity (Wildman–Crippen MR) is 284 cm³/mol. The van der Waals surface area contributed by atoms with Crippen molar-refractivity contribution >= 4 is 71.1 Å². The molecule has 0 amide bonds. The Labute approximate surface area is 398 Å². The van der Waals surface area contributed by atoms with Gasteiger partial charge in [0.05, 0.1) is 16.6 Å². The van der Waals surface area contributed by atoms with Crippen LogP contribution in [0.5, 0.6) is 0 Å². The van der Waals surface area contributed by atoms with Crippen LogP contribution in [-0.4, -0.2) is 25.1 Å². The average Bonchev–Trinajstić information content (AvgIpc) is 3.84. The van der Waals surface area contributed by atoms with Crippen LogP contribution >= 0.6 is 0 Å². The van der Waals surface area contributed by atoms with E-state index in [1.807, 2.05) is 0 Å². The molecule has 10 aromatic carbocycles. The highest BCUT2D eigenvalue weighted by Gasteiger charge is 2.71. The maximum atomic E-state index is 5.44. The second-order valence-electron chi connectivity index (χ2n) is 18.7. The van der Waals surface area contributed by atoms with Gasteiger partial charge in [0.1, 0.15) is 0 Å². The summed E-state index contributed by atoms with van der Waals surface area (Å²) < 4.78 is 2.37. The van der Waals surface area contributed by atoms with Crippen molar-refractivity contribution in [2.45, 2.75) is 11.5 Å². The zero-order valence-electron chi connectivity index (χ0n) is 37.4. The first-order valence-electron chi connectivity index (χ1n) is 23.8. The van der Waals surface area contributed by atoms with Gasteiger partial charge in [-0.25, -0.2) is 15.0 Å². The molecule has 5 nitrogen and oxygen atoms in total. The first kappa shape index (κ1) is 38.2. The molecule has 2 aromatic heterocycles. The lowest BCUT2D eigenvalue weighted by Gasteiger charge is -2.32. The third-order valence-electron chi connectivity index (χ3n) is 15.1. The number of allylic oxidation sites excluding steroid dienone is 2. The fourth-order valence-corrected chi connectivity index (χ4v) is 12.1. The minimum atomic E-state index is -0.262. The van der Waals surface area contributed by atoms with E-state index >= 15 is 0 Å². The van der Waals surface area contributed by atoms with Gasteiger partial charge in [-0.2, -0.15) is 0 Å². The largest absolute Gasteiger partial charge is 0.330 e. The molecule has 1 saturated carbocycles. The molecule has 0 bridgehead atoms. The van der Waals surface area contributed by atoms with Gasteiger partial charge >= 0.3 is 0 Å². The fraction of sp³-hybridized carbons (Fsp3) is 0.0469. The fourth-order valence-electron chi connectivity index (χ4n) is 12.1. The minimum Gasteiger partial charge on any atom is -0.330 e. The van der Waals surface area contributed by atoms with Gasteiger partial charge in [-0.3, -0.25) is 0 Å². The normalized spacial score (nSPS) is 17.9. The summed E-state index contributed by atoms with van der Waals surface area (Å²) >= 11 is 0. The van der Waals surface area contributed by atoms with Gasteiger partial charge in [0.2, 0.25) is 0 Å². The van der Waals surface area contributed by atoms with Crippen LogP contribution in [0.4, 0.5) is 11.4 Å². The Balaban J connectivity index is 0.927. The summed E-state index contributed by atoms with van der Waals surface area (Å²) in [7, 11) is 0. The number of benzene rings is 10. The SMILES string of the molecule is C1=CC2C3c4ccccc4N(c4ccccc4)[C@]23C=C1c1nc(-c2cccc(-n3c4ccccc4c4cc(-c5ccccc5)ccc43)c2)nc(-c2ccc3c4ccccc4c4ccccc4c3c2)n1. The monoisotopic (exact) mass is 879 g/mol. The van der Waals surface area contributed by atoms with Crippen LogP contribution in [0, 0.1) is 5.92 Å². The Bertz CT molecular complexity index is 4130. The van der Waals surface area contributed by atoms with Gasteiger partial charge in [-0.1, -0.05) is 176 Å². The van der Waals surface area contributed by atoms with E-state index in [-0.39, 0.29) is 5.54 Å². The zero-order chi connectivity index (χ0) is 45.2. The van der Waals surface area contributed by atoms with Crippen molar-refractivity contribution in [2.24, 2.45) is 5.92 Å². The molecule has 5 heteroatoms. The summed E-state index contributed by atoms with van der Waals surface area (Å²) in [5.41, 5.74) is 12.2. The molecule has 1 spiro atoms. The second kappa shape index (κ2) is 14.5. The number of hydrogen-bond acceptors (Lipinski definition) is 4. The first-order chi connectivity index (χ1) is 34.2. The van der Waals surface area contributed by atoms with Crippen molar-refractivity contribution in [3.05, 3.63) is 248 Å². The number of aromatic nitrogens is 4. The Morgan fingerprint density at radius 2 is 0.928 bits per heavy atom. The lowest BCUT2D eigenvalue weighted by molar-refractivity contribution is 0.762. The van der Waals surface area contributed by atoms with E-state index in [0.29, 0.717) is 29.3 Å². The quantitative estimate of drug-likeness (QED) is 0.156. The van der Waals surface area contributed by atoms with Crippen molar-refractivity contribution in [1.29, 1.82) is 0 Å². The molecule has 3 heterocycles. The maximum absolute atomic E-state index is 5.44. The summed E-state index contributed by atoms with van der Waals surface area (Å²) in [5, 5.41) is 9.74.